The fourth-order valence-corrected chi connectivity index (χ4v) is 6.09. The van der Waals surface area contributed by atoms with E-state index in [0.29, 0.717) is 19.6 Å². The highest BCUT2D eigenvalue weighted by Crippen LogP contribution is 2.55. The van der Waals surface area contributed by atoms with Crippen LogP contribution in [0.1, 0.15) is 60.8 Å². The van der Waals surface area contributed by atoms with Gasteiger partial charge in [0.25, 0.3) is 0 Å². The Bertz CT molecular complexity index is 741. The molecule has 2 aliphatic carbocycles. The number of aliphatic hydroxyl groups excluding tert-OH is 1. The Kier molecular flexibility index (Phi) is 6.22. The van der Waals surface area contributed by atoms with Gasteiger partial charge in [0, 0.05) is 18.3 Å². The van der Waals surface area contributed by atoms with Gasteiger partial charge in [-0.3, -0.25) is 4.79 Å². The monoisotopic (exact) mass is 436 g/mol. The molecule has 1 N–H and O–H groups in total. The SMILES string of the molecule is CC1=CC(=O)[C@H](O)[C@@]2(C)[C@@H]1CC(O[Si](C)(C)C(C)(C)C)=C[C@H]2CCC1(C)OCCO1. The van der Waals surface area contributed by atoms with Gasteiger partial charge in [-0.2, -0.15) is 0 Å². The molecular formula is C24H40O5Si. The number of ether oxygens (including phenoxy) is 2. The molecule has 0 aromatic rings. The van der Waals surface area contributed by atoms with Crippen LogP contribution in [-0.2, 0) is 18.7 Å². The van der Waals surface area contributed by atoms with E-state index in [1.54, 1.807) is 6.08 Å². The predicted molar refractivity (Wildman–Crippen MR) is 120 cm³/mol. The van der Waals surface area contributed by atoms with Gasteiger partial charge in [-0.25, -0.2) is 0 Å². The first-order valence-corrected chi connectivity index (χ1v) is 14.2. The van der Waals surface area contributed by atoms with Crippen molar-refractivity contribution in [1.29, 1.82) is 0 Å². The predicted octanol–water partition coefficient (Wildman–Crippen LogP) is 4.97. The van der Waals surface area contributed by atoms with Crippen molar-refractivity contribution in [3.8, 4) is 0 Å². The molecule has 30 heavy (non-hydrogen) atoms. The van der Waals surface area contributed by atoms with Crippen molar-refractivity contribution in [1.82, 2.24) is 0 Å². The zero-order chi connectivity index (χ0) is 22.5. The molecule has 1 fully saturated rings. The standard InChI is InChI=1S/C24H40O5Si/c1-16-13-20(25)21(26)24(6)17(9-10-23(5)27-11-12-28-23)14-18(15-19(16)24)29-30(7,8)22(2,3)4/h13-14,17,19,21,26H,9-12,15H2,1-8H3/t17-,19-,21+,24-/m1/s1. The minimum atomic E-state index is -1.99. The number of hydrogen-bond acceptors (Lipinski definition) is 5. The van der Waals surface area contributed by atoms with Gasteiger partial charge < -0.3 is 19.0 Å². The normalized spacial score (nSPS) is 34.3. The average molecular weight is 437 g/mol. The highest BCUT2D eigenvalue weighted by molar-refractivity contribution is 6.74. The zero-order valence-electron chi connectivity index (χ0n) is 20.0. The van der Waals surface area contributed by atoms with Crippen LogP contribution in [0, 0.1) is 17.3 Å². The third-order valence-corrected chi connectivity index (χ3v) is 12.5. The van der Waals surface area contributed by atoms with Crippen LogP contribution in [0.4, 0.5) is 0 Å². The Morgan fingerprint density at radius 2 is 1.83 bits per heavy atom. The molecule has 5 nitrogen and oxygen atoms in total. The molecule has 0 aromatic carbocycles. The van der Waals surface area contributed by atoms with Crippen molar-refractivity contribution in [2.24, 2.45) is 17.3 Å². The molecule has 1 saturated heterocycles. The molecule has 0 saturated carbocycles. The van der Waals surface area contributed by atoms with Crippen molar-refractivity contribution in [2.75, 3.05) is 13.2 Å². The van der Waals surface area contributed by atoms with E-state index in [4.69, 9.17) is 13.9 Å². The second kappa shape index (κ2) is 7.87. The van der Waals surface area contributed by atoms with Gasteiger partial charge in [-0.15, -0.1) is 0 Å². The highest BCUT2D eigenvalue weighted by Gasteiger charge is 2.54. The number of carbonyl (C=O) groups excluding carboxylic acids is 1. The third-order valence-electron chi connectivity index (χ3n) is 8.12. The van der Waals surface area contributed by atoms with Crippen LogP contribution in [-0.4, -0.2) is 44.3 Å². The lowest BCUT2D eigenvalue weighted by Gasteiger charge is -2.52. The zero-order valence-corrected chi connectivity index (χ0v) is 21.0. The van der Waals surface area contributed by atoms with Gasteiger partial charge in [-0.05, 0) is 62.4 Å². The molecule has 0 spiro atoms. The molecule has 3 rings (SSSR count). The van der Waals surface area contributed by atoms with E-state index in [1.807, 2.05) is 13.8 Å². The number of ketones is 1. The maximum atomic E-state index is 12.6. The number of allylic oxidation sites excluding steroid dienone is 3. The van der Waals surface area contributed by atoms with E-state index < -0.39 is 25.6 Å². The molecule has 0 amide bonds. The van der Waals surface area contributed by atoms with Gasteiger partial charge in [0.1, 0.15) is 6.10 Å². The number of carbonyl (C=O) groups is 1. The molecule has 0 unspecified atom stereocenters. The van der Waals surface area contributed by atoms with Crippen LogP contribution in [0.5, 0.6) is 0 Å². The third kappa shape index (κ3) is 4.21. The number of rotatable bonds is 5. The van der Waals surface area contributed by atoms with Crippen LogP contribution in [0.3, 0.4) is 0 Å². The van der Waals surface area contributed by atoms with Crippen molar-refractivity contribution >= 4 is 14.1 Å². The van der Waals surface area contributed by atoms with Crippen LogP contribution in [0.15, 0.2) is 23.5 Å². The van der Waals surface area contributed by atoms with E-state index in [9.17, 15) is 9.90 Å². The fraction of sp³-hybridized carbons (Fsp3) is 0.792. The van der Waals surface area contributed by atoms with E-state index >= 15 is 0 Å². The van der Waals surface area contributed by atoms with Gasteiger partial charge in [0.15, 0.2) is 11.6 Å². The molecule has 0 bridgehead atoms. The van der Waals surface area contributed by atoms with E-state index in [2.05, 4.69) is 46.9 Å². The first-order chi connectivity index (χ1) is 13.7. The van der Waals surface area contributed by atoms with E-state index in [0.717, 1.165) is 24.2 Å². The van der Waals surface area contributed by atoms with E-state index in [-0.39, 0.29) is 22.7 Å². The van der Waals surface area contributed by atoms with Crippen LogP contribution in [0.25, 0.3) is 0 Å². The minimum Gasteiger partial charge on any atom is -0.547 e. The van der Waals surface area contributed by atoms with Gasteiger partial charge in [0.2, 0.25) is 8.32 Å². The van der Waals surface area contributed by atoms with Crippen LogP contribution < -0.4 is 0 Å². The summed E-state index contributed by atoms with van der Waals surface area (Å²) in [4.78, 5) is 12.6. The van der Waals surface area contributed by atoms with Crippen molar-refractivity contribution < 1.29 is 23.8 Å². The molecule has 4 atom stereocenters. The molecular weight excluding hydrogens is 396 g/mol. The summed E-state index contributed by atoms with van der Waals surface area (Å²) in [6, 6.07) is 0. The van der Waals surface area contributed by atoms with Crippen LogP contribution in [0.2, 0.25) is 18.1 Å². The second-order valence-corrected chi connectivity index (χ2v) is 16.0. The molecule has 1 aliphatic heterocycles. The number of hydrogen-bond donors (Lipinski definition) is 1. The number of fused-ring (bicyclic) bond motifs is 1. The summed E-state index contributed by atoms with van der Waals surface area (Å²) in [6.07, 6.45) is 5.05. The fourth-order valence-electron chi connectivity index (χ4n) is 4.98. The Morgan fingerprint density at radius 3 is 2.40 bits per heavy atom. The lowest BCUT2D eigenvalue weighted by molar-refractivity contribution is -0.155. The summed E-state index contributed by atoms with van der Waals surface area (Å²) < 4.78 is 18.3. The van der Waals surface area contributed by atoms with Gasteiger partial charge in [0.05, 0.1) is 19.0 Å². The quantitative estimate of drug-likeness (QED) is 0.617. The number of aliphatic hydroxyl groups is 1. The summed E-state index contributed by atoms with van der Waals surface area (Å²) in [5, 5.41) is 11.1. The topological polar surface area (TPSA) is 65.0 Å². The van der Waals surface area contributed by atoms with E-state index in [1.165, 1.54) is 0 Å². The Balaban J connectivity index is 1.94. The molecule has 1 heterocycles. The Hall–Kier alpha value is -0.953. The summed E-state index contributed by atoms with van der Waals surface area (Å²) >= 11 is 0. The molecule has 3 aliphatic rings. The summed E-state index contributed by atoms with van der Waals surface area (Å²) in [5.41, 5.74) is 0.493. The average Bonchev–Trinajstić information content (AvgIpc) is 3.05. The molecule has 6 heteroatoms. The Morgan fingerprint density at radius 1 is 1.23 bits per heavy atom. The largest absolute Gasteiger partial charge is 0.547 e. The smallest absolute Gasteiger partial charge is 0.250 e. The highest BCUT2D eigenvalue weighted by atomic mass is 28.4. The molecule has 0 aromatic heterocycles. The second-order valence-electron chi connectivity index (χ2n) is 11.3. The summed E-state index contributed by atoms with van der Waals surface area (Å²) in [6.45, 7) is 18.5. The van der Waals surface area contributed by atoms with Crippen LogP contribution >= 0.6 is 0 Å². The first kappa shape index (κ1) is 23.7. The van der Waals surface area contributed by atoms with Crippen molar-refractivity contribution in [3.05, 3.63) is 23.5 Å². The van der Waals surface area contributed by atoms with Crippen molar-refractivity contribution in [3.63, 3.8) is 0 Å². The van der Waals surface area contributed by atoms with Gasteiger partial charge >= 0.3 is 0 Å². The summed E-state index contributed by atoms with van der Waals surface area (Å²) in [7, 11) is -1.99. The minimum absolute atomic E-state index is 0.00300. The van der Waals surface area contributed by atoms with Crippen molar-refractivity contribution in [2.45, 2.75) is 90.8 Å². The molecule has 170 valence electrons. The Labute approximate surface area is 183 Å². The lowest BCUT2D eigenvalue weighted by Crippen LogP contribution is -2.54. The summed E-state index contributed by atoms with van der Waals surface area (Å²) in [5.74, 6) is 0.327. The maximum Gasteiger partial charge on any atom is 0.250 e. The van der Waals surface area contributed by atoms with Gasteiger partial charge in [-0.1, -0.05) is 33.3 Å². The maximum absolute atomic E-state index is 12.6. The molecule has 0 radical (unpaired) electrons. The first-order valence-electron chi connectivity index (χ1n) is 11.3. The lowest BCUT2D eigenvalue weighted by atomic mass is 9.54.